The Morgan fingerprint density at radius 1 is 1.10 bits per heavy atom. The number of nitrogens with zero attached hydrogens (tertiary/aromatic N) is 1. The highest BCUT2D eigenvalue weighted by Gasteiger charge is 2.29. The number of ether oxygens (including phenoxy) is 5. The molecule has 0 spiro atoms. The standard InChI is InChI=1S/C23H23NO7/c1-26-16-10-20(27-2)22(21(11-16)28-3)18-9-17(31-24-18)13-30-23(25)15-8-14-6-4-5-7-19(14)29-12-15/h4-8,10-11,17H,9,12-13H2,1-3H3. The molecule has 1 atom stereocenters. The van der Waals surface area contributed by atoms with E-state index in [0.717, 1.165) is 11.3 Å². The second kappa shape index (κ2) is 8.99. The van der Waals surface area contributed by atoms with Crippen LogP contribution in [-0.2, 0) is 14.4 Å². The maximum absolute atomic E-state index is 12.5. The Balaban J connectivity index is 1.40. The fourth-order valence-corrected chi connectivity index (χ4v) is 3.45. The Morgan fingerprint density at radius 2 is 1.84 bits per heavy atom. The summed E-state index contributed by atoms with van der Waals surface area (Å²) in [5.74, 6) is 2.02. The van der Waals surface area contributed by atoms with Crippen LogP contribution >= 0.6 is 0 Å². The maximum Gasteiger partial charge on any atom is 0.337 e. The van der Waals surface area contributed by atoms with Crippen LogP contribution in [-0.4, -0.2) is 52.3 Å². The third kappa shape index (κ3) is 4.28. The minimum Gasteiger partial charge on any atom is -0.496 e. The lowest BCUT2D eigenvalue weighted by molar-refractivity contribution is -0.143. The Hall–Kier alpha value is -3.68. The molecule has 4 rings (SSSR count). The van der Waals surface area contributed by atoms with Gasteiger partial charge in [0.2, 0.25) is 0 Å². The number of oxime groups is 1. The van der Waals surface area contributed by atoms with Crippen molar-refractivity contribution in [2.24, 2.45) is 5.16 Å². The van der Waals surface area contributed by atoms with E-state index in [1.165, 1.54) is 0 Å². The van der Waals surface area contributed by atoms with Crippen LogP contribution < -0.4 is 18.9 Å². The van der Waals surface area contributed by atoms with E-state index >= 15 is 0 Å². The molecule has 0 aliphatic carbocycles. The molecule has 2 aliphatic rings. The summed E-state index contributed by atoms with van der Waals surface area (Å²) >= 11 is 0. The first-order chi connectivity index (χ1) is 15.1. The van der Waals surface area contributed by atoms with Crippen LogP contribution in [0.3, 0.4) is 0 Å². The van der Waals surface area contributed by atoms with Crippen molar-refractivity contribution in [2.45, 2.75) is 12.5 Å². The number of hydrogen-bond acceptors (Lipinski definition) is 8. The van der Waals surface area contributed by atoms with Crippen molar-refractivity contribution >= 4 is 17.8 Å². The molecule has 2 aromatic carbocycles. The summed E-state index contributed by atoms with van der Waals surface area (Å²) in [4.78, 5) is 18.0. The third-order valence-electron chi connectivity index (χ3n) is 5.03. The summed E-state index contributed by atoms with van der Waals surface area (Å²) in [5.41, 5.74) is 2.63. The summed E-state index contributed by atoms with van der Waals surface area (Å²) in [6, 6.07) is 11.0. The molecule has 2 aromatic rings. The average molecular weight is 425 g/mol. The molecule has 0 aromatic heterocycles. The Labute approximate surface area is 179 Å². The molecule has 0 amide bonds. The maximum atomic E-state index is 12.5. The molecule has 2 aliphatic heterocycles. The van der Waals surface area contributed by atoms with E-state index < -0.39 is 12.1 Å². The van der Waals surface area contributed by atoms with Gasteiger partial charge in [-0.3, -0.25) is 0 Å². The first-order valence-electron chi connectivity index (χ1n) is 9.75. The van der Waals surface area contributed by atoms with Crippen molar-refractivity contribution in [1.29, 1.82) is 0 Å². The van der Waals surface area contributed by atoms with Crippen molar-refractivity contribution in [3.05, 3.63) is 53.1 Å². The minimum atomic E-state index is -0.439. The number of fused-ring (bicyclic) bond motifs is 1. The molecule has 2 heterocycles. The van der Waals surface area contributed by atoms with Gasteiger partial charge in [-0.15, -0.1) is 0 Å². The number of esters is 1. The molecule has 0 bridgehead atoms. The number of carbonyl (C=O) groups is 1. The topological polar surface area (TPSA) is 84.8 Å². The zero-order valence-corrected chi connectivity index (χ0v) is 17.5. The molecule has 31 heavy (non-hydrogen) atoms. The van der Waals surface area contributed by atoms with Crippen LogP contribution in [0.1, 0.15) is 17.5 Å². The predicted molar refractivity (Wildman–Crippen MR) is 113 cm³/mol. The quantitative estimate of drug-likeness (QED) is 0.630. The first kappa shape index (κ1) is 20.6. The number of methoxy groups -OCH3 is 3. The van der Waals surface area contributed by atoms with Crippen LogP contribution in [0.2, 0.25) is 0 Å². The highest BCUT2D eigenvalue weighted by Crippen LogP contribution is 2.37. The van der Waals surface area contributed by atoms with Crippen LogP contribution in [0.25, 0.3) is 6.08 Å². The largest absolute Gasteiger partial charge is 0.496 e. The highest BCUT2D eigenvalue weighted by molar-refractivity contribution is 6.06. The van der Waals surface area contributed by atoms with E-state index in [9.17, 15) is 4.79 Å². The molecule has 8 heteroatoms. The van der Waals surface area contributed by atoms with Crippen molar-refractivity contribution in [2.75, 3.05) is 34.5 Å². The zero-order chi connectivity index (χ0) is 21.8. The van der Waals surface area contributed by atoms with Gasteiger partial charge in [0.1, 0.15) is 36.2 Å². The van der Waals surface area contributed by atoms with Crippen molar-refractivity contribution in [3.8, 4) is 23.0 Å². The van der Waals surface area contributed by atoms with E-state index in [0.29, 0.717) is 40.5 Å². The smallest absolute Gasteiger partial charge is 0.337 e. The number of carbonyl (C=O) groups excluding carboxylic acids is 1. The van der Waals surface area contributed by atoms with Gasteiger partial charge < -0.3 is 28.5 Å². The van der Waals surface area contributed by atoms with Gasteiger partial charge >= 0.3 is 5.97 Å². The van der Waals surface area contributed by atoms with Crippen molar-refractivity contribution in [3.63, 3.8) is 0 Å². The normalized spacial score (nSPS) is 16.8. The fraction of sp³-hybridized carbons (Fsp3) is 0.304. The number of rotatable bonds is 7. The van der Waals surface area contributed by atoms with Gasteiger partial charge in [-0.1, -0.05) is 23.4 Å². The molecule has 0 saturated carbocycles. The van der Waals surface area contributed by atoms with Crippen LogP contribution in [0, 0.1) is 0 Å². The van der Waals surface area contributed by atoms with E-state index in [1.54, 1.807) is 39.5 Å². The molecular formula is C23H23NO7. The summed E-state index contributed by atoms with van der Waals surface area (Å²) in [6.45, 7) is 0.231. The Bertz CT molecular complexity index is 1020. The van der Waals surface area contributed by atoms with Crippen LogP contribution in [0.4, 0.5) is 0 Å². The lowest BCUT2D eigenvalue weighted by Crippen LogP contribution is -2.23. The van der Waals surface area contributed by atoms with Gasteiger partial charge in [-0.25, -0.2) is 4.79 Å². The van der Waals surface area contributed by atoms with Gasteiger partial charge in [0.25, 0.3) is 0 Å². The minimum absolute atomic E-state index is 0.0611. The van der Waals surface area contributed by atoms with Crippen molar-refractivity contribution in [1.82, 2.24) is 0 Å². The molecular weight excluding hydrogens is 402 g/mol. The van der Waals surface area contributed by atoms with Gasteiger partial charge in [-0.05, 0) is 12.1 Å². The van der Waals surface area contributed by atoms with E-state index in [4.69, 9.17) is 28.5 Å². The Kier molecular flexibility index (Phi) is 5.97. The lowest BCUT2D eigenvalue weighted by Gasteiger charge is -2.17. The highest BCUT2D eigenvalue weighted by atomic mass is 16.7. The first-order valence-corrected chi connectivity index (χ1v) is 9.75. The molecule has 0 N–H and O–H groups in total. The number of benzene rings is 2. The van der Waals surface area contributed by atoms with E-state index in [-0.39, 0.29) is 13.2 Å². The molecule has 8 nitrogen and oxygen atoms in total. The lowest BCUT2D eigenvalue weighted by atomic mass is 10.0. The van der Waals surface area contributed by atoms with Crippen LogP contribution in [0.15, 0.2) is 47.1 Å². The average Bonchev–Trinajstić information content (AvgIpc) is 3.29. The van der Waals surface area contributed by atoms with E-state index in [2.05, 4.69) is 5.16 Å². The second-order valence-corrected chi connectivity index (χ2v) is 6.97. The molecule has 0 fully saturated rings. The predicted octanol–water partition coefficient (Wildman–Crippen LogP) is 3.22. The number of para-hydroxylation sites is 1. The third-order valence-corrected chi connectivity index (χ3v) is 5.03. The number of hydrogen-bond donors (Lipinski definition) is 0. The summed E-state index contributed by atoms with van der Waals surface area (Å²) in [7, 11) is 4.69. The zero-order valence-electron chi connectivity index (χ0n) is 17.5. The van der Waals surface area contributed by atoms with Gasteiger partial charge in [0, 0.05) is 24.1 Å². The molecule has 162 valence electrons. The Morgan fingerprint density at radius 3 is 2.55 bits per heavy atom. The molecule has 0 saturated heterocycles. The summed E-state index contributed by atoms with van der Waals surface area (Å²) < 4.78 is 27.3. The van der Waals surface area contributed by atoms with Gasteiger partial charge in [0.05, 0.1) is 38.2 Å². The monoisotopic (exact) mass is 425 g/mol. The van der Waals surface area contributed by atoms with Crippen LogP contribution in [0.5, 0.6) is 23.0 Å². The molecule has 1 unspecified atom stereocenters. The van der Waals surface area contributed by atoms with Gasteiger partial charge in [-0.2, -0.15) is 0 Å². The van der Waals surface area contributed by atoms with E-state index in [1.807, 2.05) is 24.3 Å². The summed E-state index contributed by atoms with van der Waals surface area (Å²) in [6.07, 6.45) is 1.81. The SMILES string of the molecule is COc1cc(OC)c(C2=NOC(COC(=O)C3=Cc4ccccc4OC3)C2)c(OC)c1. The fourth-order valence-electron chi connectivity index (χ4n) is 3.45. The second-order valence-electron chi connectivity index (χ2n) is 6.97. The summed E-state index contributed by atoms with van der Waals surface area (Å²) in [5, 5.41) is 4.17. The molecule has 0 radical (unpaired) electrons. The van der Waals surface area contributed by atoms with Gasteiger partial charge in [0.15, 0.2) is 6.10 Å². The van der Waals surface area contributed by atoms with Crippen molar-refractivity contribution < 1.29 is 33.3 Å².